The Morgan fingerprint density at radius 2 is 0.832 bits per heavy atom. The molecule has 0 amide bonds. The van der Waals surface area contributed by atoms with Gasteiger partial charge in [0.1, 0.15) is 34.9 Å². The van der Waals surface area contributed by atoms with Crippen molar-refractivity contribution in [2.45, 2.75) is 217 Å². The van der Waals surface area contributed by atoms with Gasteiger partial charge < -0.3 is 25.7 Å². The van der Waals surface area contributed by atoms with Gasteiger partial charge in [0.15, 0.2) is 23.1 Å². The zero-order valence-electron chi connectivity index (χ0n) is 78.7. The van der Waals surface area contributed by atoms with Crippen LogP contribution in [0.25, 0.3) is 68.7 Å². The molecule has 4 saturated heterocycles. The number of hydrogen-bond donors (Lipinski definition) is 4. The Morgan fingerprint density at radius 1 is 0.406 bits per heavy atom. The van der Waals surface area contributed by atoms with Crippen LogP contribution in [-0.4, -0.2) is 123 Å². The number of carbonyl (C=O) groups excluding carboxylic acids is 8. The summed E-state index contributed by atoms with van der Waals surface area (Å²) in [6.07, 6.45) is 31.2. The smallest absolute Gasteiger partial charge is 0.417 e. The molecule has 10 aromatic heterocycles. The van der Waals surface area contributed by atoms with Crippen molar-refractivity contribution >= 4 is 138 Å². The molecule has 0 radical (unpaired) electrons. The summed E-state index contributed by atoms with van der Waals surface area (Å²) in [7, 11) is 0. The number of rotatable bonds is 28. The Kier molecular flexibility index (Phi) is 35.6. The lowest BCUT2D eigenvalue weighted by molar-refractivity contribution is -0.137. The van der Waals surface area contributed by atoms with Gasteiger partial charge in [0.2, 0.25) is 20.5 Å². The van der Waals surface area contributed by atoms with Crippen molar-refractivity contribution in [3.8, 4) is 44.4 Å². The molecule has 0 bridgehead atoms. The number of hydrogen-bond acceptors (Lipinski definition) is 30. The van der Waals surface area contributed by atoms with Crippen molar-refractivity contribution in [3.05, 3.63) is 299 Å². The number of aromatic nitrogens is 11. The molecule has 24 nitrogen and oxygen atoms in total. The van der Waals surface area contributed by atoms with E-state index in [-0.39, 0.29) is 86.7 Å². The number of halogens is 4. The normalized spacial score (nSPS) is 21.8. The molecule has 4 aliphatic heterocycles. The first-order chi connectivity index (χ1) is 69.4. The van der Waals surface area contributed by atoms with E-state index in [2.05, 4.69) is 144 Å². The van der Waals surface area contributed by atoms with E-state index in [4.69, 9.17) is 14.4 Å². The number of alkyl halides is 3. The summed E-state index contributed by atoms with van der Waals surface area (Å²) in [4.78, 5) is 147. The van der Waals surface area contributed by atoms with E-state index in [9.17, 15) is 55.9 Å². The number of Topliss-reactive ketones (excluding diaryl/α,β-unsaturated/α-hetero) is 4. The fraction of sp³-hybridized carbons (Fsp3) is 0.349. The van der Waals surface area contributed by atoms with Crippen LogP contribution in [0.4, 0.5) is 17.6 Å². The molecule has 0 spiro atoms. The first-order valence-electron chi connectivity index (χ1n) is 48.4. The van der Waals surface area contributed by atoms with Gasteiger partial charge in [-0.1, -0.05) is 48.5 Å². The number of furan rings is 1. The summed E-state index contributed by atoms with van der Waals surface area (Å²) in [6, 6.07) is 46.9. The maximum atomic E-state index is 13.8. The first kappa shape index (κ1) is 103. The van der Waals surface area contributed by atoms with Crippen LogP contribution in [0, 0.1) is 29.5 Å². The van der Waals surface area contributed by atoms with E-state index in [1.807, 2.05) is 24.3 Å². The van der Waals surface area contributed by atoms with Crippen molar-refractivity contribution in [1.29, 1.82) is 0 Å². The molecule has 8 aliphatic rings. The number of allylic oxidation sites excluding steroid dienone is 4. The SMILES string of the molecule is CC(NC1CCC(Cc2nccc(/C=C3\SC(=O)CC3=O)n2)CC1)c1cccc(-c2ccsc2)n1.O=C1CC(=O)/C(=C/c2ccnc(CC3CCC(NCc4ccc(F)cc4-c4ccco4)CC3)n2)S1.O=C1CC(=O)/C(=C/c2ccnc(CC3CCC(NCc4cccc(-c5ccccc5C(F)(F)F)n4)CC3)n2)S1.O=C1CC(=O)/C(=C/c2ccnc(CC3CCC(NCc4cccc(-c5cccs5)n4)CC3)n2)S1. The third-order valence-electron chi connectivity index (χ3n) is 26.5. The van der Waals surface area contributed by atoms with Gasteiger partial charge >= 0.3 is 6.18 Å². The molecular weight excluding hydrogens is 1930 g/mol. The molecule has 1 unspecified atom stereocenters. The minimum Gasteiger partial charge on any atom is -0.464 e. The highest BCUT2D eigenvalue weighted by Crippen LogP contribution is 2.41. The maximum Gasteiger partial charge on any atom is 0.417 e. The largest absolute Gasteiger partial charge is 0.464 e. The molecule has 4 aliphatic carbocycles. The maximum absolute atomic E-state index is 13.8. The minimum atomic E-state index is -4.44. The second-order valence-corrected chi connectivity index (χ2v) is 43.1. The number of ketones is 4. The van der Waals surface area contributed by atoms with Crippen LogP contribution < -0.4 is 21.3 Å². The lowest BCUT2D eigenvalue weighted by Gasteiger charge is -2.31. The second-order valence-electron chi connectivity index (χ2n) is 36.9. The van der Waals surface area contributed by atoms with Gasteiger partial charge in [-0.05, 0) is 324 Å². The average molecular weight is 2040 g/mol. The van der Waals surface area contributed by atoms with Crippen LogP contribution in [0.3, 0.4) is 0 Å². The number of benzene rings is 2. The first-order valence-corrected chi connectivity index (χ1v) is 53.5. The van der Waals surface area contributed by atoms with Crippen molar-refractivity contribution in [3.63, 3.8) is 0 Å². The predicted octanol–water partition coefficient (Wildman–Crippen LogP) is 22.1. The highest BCUT2D eigenvalue weighted by molar-refractivity contribution is 8.19. The molecule has 4 N–H and O–H groups in total. The number of nitrogens with one attached hydrogen (secondary N) is 4. The fourth-order valence-electron chi connectivity index (χ4n) is 19.0. The Labute approximate surface area is 851 Å². The monoisotopic (exact) mass is 2040 g/mol. The lowest BCUT2D eigenvalue weighted by Crippen LogP contribution is -2.35. The van der Waals surface area contributed by atoms with Gasteiger partial charge in [0.25, 0.3) is 0 Å². The molecule has 2 aromatic carbocycles. The fourth-order valence-corrected chi connectivity index (χ4v) is 23.6. The van der Waals surface area contributed by atoms with Gasteiger partial charge in [-0.15, -0.1) is 11.3 Å². The molecular formula is C109H107F4N15O9S6. The Bertz CT molecular complexity index is 6670. The zero-order chi connectivity index (χ0) is 99.1. The van der Waals surface area contributed by atoms with Crippen LogP contribution >= 0.6 is 69.7 Å². The van der Waals surface area contributed by atoms with Crippen LogP contribution in [0.5, 0.6) is 0 Å². The molecule has 8 fully saturated rings. The summed E-state index contributed by atoms with van der Waals surface area (Å²) in [5.74, 6) is 5.03. The van der Waals surface area contributed by atoms with Gasteiger partial charge in [0, 0.05) is 122 Å². The van der Waals surface area contributed by atoms with Gasteiger partial charge in [-0.3, -0.25) is 53.3 Å². The number of thioether (sulfide) groups is 4. The zero-order valence-corrected chi connectivity index (χ0v) is 83.6. The topological polar surface area (TPSA) is 340 Å². The number of nitrogens with zero attached hydrogens (tertiary/aromatic N) is 11. The van der Waals surface area contributed by atoms with Crippen LogP contribution in [0.2, 0.25) is 0 Å². The molecule has 12 aromatic rings. The molecule has 14 heterocycles. The summed E-state index contributed by atoms with van der Waals surface area (Å²) in [5, 5.41) is 20.5. The third kappa shape index (κ3) is 29.7. The van der Waals surface area contributed by atoms with Gasteiger partial charge in [-0.2, -0.15) is 24.5 Å². The molecule has 4 saturated carbocycles. The molecule has 20 rings (SSSR count). The molecule has 1 atom stereocenters. The highest BCUT2D eigenvalue weighted by Gasteiger charge is 2.36. The summed E-state index contributed by atoms with van der Waals surface area (Å²) >= 11 is 7.40. The average Bonchev–Trinajstić information content (AvgIpc) is 1.80. The van der Waals surface area contributed by atoms with Crippen molar-refractivity contribution in [2.75, 3.05) is 0 Å². The number of carbonyl (C=O) groups is 8. The lowest BCUT2D eigenvalue weighted by atomic mass is 9.83. The summed E-state index contributed by atoms with van der Waals surface area (Å²) in [5.41, 5.74) is 10.3. The second kappa shape index (κ2) is 49.6. The Balaban J connectivity index is 0.000000131. The van der Waals surface area contributed by atoms with Crippen LogP contribution in [-0.2, 0) is 89.9 Å². The quantitative estimate of drug-likeness (QED) is 0.0201. The van der Waals surface area contributed by atoms with E-state index in [1.165, 1.54) is 34.7 Å². The minimum absolute atomic E-state index is 0.0121. The number of pyridine rings is 3. The van der Waals surface area contributed by atoms with E-state index >= 15 is 0 Å². The Hall–Kier alpha value is -11.8. The number of thiophene rings is 2. The van der Waals surface area contributed by atoms with Gasteiger partial charge in [0.05, 0.1) is 119 Å². The molecule has 736 valence electrons. The standard InChI is InChI=1S/C29H27F3N4O2S.C27H26FN3O3S.C27H28N4O2S2.C26H26N4O2S2/c30-29(31,32)23-6-2-1-5-22(23)24-7-3-4-21(35-24)17-34-19-10-8-18(9-11-19)14-27-33-13-12-20(36-27)15-26-25(37)16-28(38)39-26;28-19-6-5-18(22(13-19)24-2-1-11-34-24)16-30-20-7-3-17(4-8-20)12-26-29-10-9-21(31-26)14-25-23(32)15-27(33)35-25;1-17(22-3-2-4-23(31-22)19-10-12-34-16-19)29-20-7-5-18(6-8-20)13-26-28-11-9-21(30-26)14-25-24(32)15-27(33)35-25;31-22-15-26(32)34-24(22)14-19-10-11-27-25(30-19)13-17-6-8-18(9-7-17)28-16-20-3-1-4-21(29-20)23-5-2-12-33-23/h1-7,12-13,15,18-19,34H,8-11,14,16-17H2;1-2,5-6,9-11,13-14,17,20,30H,3-4,7-8,12,15-16H2;2-4,9-12,14,16-18,20,29H,5-8,13,15H2,1H3;1-5,10-12,14,17-18,28H,6-9,13,15-16H2/b26-15-;2*25-14-;24-14-. The Morgan fingerprint density at radius 3 is 1.24 bits per heavy atom. The predicted molar refractivity (Wildman–Crippen MR) is 553 cm³/mol. The van der Waals surface area contributed by atoms with Crippen molar-refractivity contribution in [2.24, 2.45) is 23.7 Å². The van der Waals surface area contributed by atoms with Crippen molar-refractivity contribution in [1.82, 2.24) is 76.1 Å². The van der Waals surface area contributed by atoms with Crippen molar-refractivity contribution < 1.29 is 60.3 Å². The van der Waals surface area contributed by atoms with Crippen LogP contribution in [0.1, 0.15) is 216 Å². The van der Waals surface area contributed by atoms with Gasteiger partial charge in [-0.25, -0.2) is 44.3 Å². The van der Waals surface area contributed by atoms with E-state index in [0.29, 0.717) is 120 Å². The van der Waals surface area contributed by atoms with E-state index in [1.54, 1.807) is 120 Å². The third-order valence-corrected chi connectivity index (χ3v) is 31.8. The summed E-state index contributed by atoms with van der Waals surface area (Å²) in [6.45, 7) is 4.12. The summed E-state index contributed by atoms with van der Waals surface area (Å²) < 4.78 is 59.6. The molecule has 143 heavy (non-hydrogen) atoms. The van der Waals surface area contributed by atoms with Crippen LogP contribution in [0.15, 0.2) is 223 Å². The van der Waals surface area contributed by atoms with E-state index < -0.39 is 11.7 Å². The van der Waals surface area contributed by atoms with E-state index in [0.717, 1.165) is 245 Å². The highest BCUT2D eigenvalue weighted by atomic mass is 32.2. The molecule has 34 heteroatoms.